The monoisotopic (exact) mass is 257 g/mol. The molecule has 1 fully saturated rings. The minimum absolute atomic E-state index is 0. The Kier molecular flexibility index (Phi) is 7.29. The predicted molar refractivity (Wildman–Crippen MR) is 73.5 cm³/mol. The number of rotatable bonds is 6. The summed E-state index contributed by atoms with van der Waals surface area (Å²) in [5.74, 6) is 0.946. The minimum Gasteiger partial charge on any atom is -0.337 e. The normalized spacial score (nSPS) is 16.7. The first kappa shape index (κ1) is 14.5. The van der Waals surface area contributed by atoms with Gasteiger partial charge >= 0.3 is 0 Å². The fourth-order valence-electron chi connectivity index (χ4n) is 2.50. The molecular weight excluding hydrogens is 234 g/mol. The second-order valence-electron chi connectivity index (χ2n) is 4.86. The van der Waals surface area contributed by atoms with Crippen LogP contribution in [0.2, 0.25) is 0 Å². The molecule has 0 aromatic carbocycles. The summed E-state index contributed by atoms with van der Waals surface area (Å²) in [6.07, 6.45) is 14.2. The van der Waals surface area contributed by atoms with E-state index in [-0.39, 0.29) is 12.4 Å². The van der Waals surface area contributed by atoms with Crippen LogP contribution < -0.4 is 5.32 Å². The van der Waals surface area contributed by atoms with E-state index in [4.69, 9.17) is 0 Å². The van der Waals surface area contributed by atoms with Crippen LogP contribution in [0.15, 0.2) is 18.7 Å². The van der Waals surface area contributed by atoms with E-state index in [0.29, 0.717) is 0 Å². The summed E-state index contributed by atoms with van der Waals surface area (Å²) in [5, 5.41) is 3.58. The van der Waals surface area contributed by atoms with Crippen molar-refractivity contribution in [1.29, 1.82) is 0 Å². The highest BCUT2D eigenvalue weighted by Gasteiger charge is 2.11. The van der Waals surface area contributed by atoms with Crippen molar-refractivity contribution in [1.82, 2.24) is 14.9 Å². The first-order valence-corrected chi connectivity index (χ1v) is 6.61. The molecular formula is C13H24ClN3. The van der Waals surface area contributed by atoms with Gasteiger partial charge in [-0.25, -0.2) is 4.98 Å². The summed E-state index contributed by atoms with van der Waals surface area (Å²) in [6.45, 7) is 3.44. The van der Waals surface area contributed by atoms with Crippen molar-refractivity contribution < 1.29 is 0 Å². The highest BCUT2D eigenvalue weighted by atomic mass is 35.5. The maximum atomic E-state index is 4.04. The first-order valence-electron chi connectivity index (χ1n) is 6.61. The summed E-state index contributed by atoms with van der Waals surface area (Å²) < 4.78 is 2.14. The largest absolute Gasteiger partial charge is 0.337 e. The van der Waals surface area contributed by atoms with E-state index < -0.39 is 0 Å². The van der Waals surface area contributed by atoms with Crippen LogP contribution in [-0.4, -0.2) is 22.6 Å². The van der Waals surface area contributed by atoms with Gasteiger partial charge in [0.25, 0.3) is 0 Å². The van der Waals surface area contributed by atoms with Gasteiger partial charge in [-0.2, -0.15) is 0 Å². The average molecular weight is 258 g/mol. The molecule has 1 aromatic rings. The van der Waals surface area contributed by atoms with E-state index in [1.165, 1.54) is 45.1 Å². The topological polar surface area (TPSA) is 29.9 Å². The van der Waals surface area contributed by atoms with Crippen LogP contribution in [0.3, 0.4) is 0 Å². The van der Waals surface area contributed by atoms with Gasteiger partial charge in [-0.1, -0.05) is 19.3 Å². The summed E-state index contributed by atoms with van der Waals surface area (Å²) in [7, 11) is 0. The number of imidazole rings is 1. The Bertz CT molecular complexity index is 268. The fraction of sp³-hybridized carbons (Fsp3) is 0.769. The van der Waals surface area contributed by atoms with E-state index in [0.717, 1.165) is 19.0 Å². The van der Waals surface area contributed by atoms with Gasteiger partial charge in [0.1, 0.15) is 0 Å². The molecule has 1 saturated carbocycles. The van der Waals surface area contributed by atoms with E-state index in [1.807, 2.05) is 18.7 Å². The molecule has 1 aliphatic rings. The number of hydrogen-bond acceptors (Lipinski definition) is 2. The van der Waals surface area contributed by atoms with E-state index in [2.05, 4.69) is 14.9 Å². The van der Waals surface area contributed by atoms with Crippen LogP contribution in [0.1, 0.15) is 38.5 Å². The molecule has 1 heterocycles. The highest BCUT2D eigenvalue weighted by Crippen LogP contribution is 2.22. The minimum atomic E-state index is 0. The summed E-state index contributed by atoms with van der Waals surface area (Å²) in [6, 6.07) is 0. The van der Waals surface area contributed by atoms with Crippen molar-refractivity contribution in [2.75, 3.05) is 13.1 Å². The molecule has 3 nitrogen and oxygen atoms in total. The SMILES string of the molecule is Cl.c1cn(CCCNCC2CCCCC2)cn1. The number of hydrogen-bond donors (Lipinski definition) is 1. The van der Waals surface area contributed by atoms with Gasteiger partial charge in [-0.3, -0.25) is 0 Å². The molecule has 2 rings (SSSR count). The molecule has 17 heavy (non-hydrogen) atoms. The Morgan fingerprint density at radius 2 is 2.06 bits per heavy atom. The number of aromatic nitrogens is 2. The third-order valence-corrected chi connectivity index (χ3v) is 3.49. The summed E-state index contributed by atoms with van der Waals surface area (Å²) in [4.78, 5) is 4.04. The van der Waals surface area contributed by atoms with Gasteiger partial charge in [0, 0.05) is 18.9 Å². The van der Waals surface area contributed by atoms with Gasteiger partial charge in [0.2, 0.25) is 0 Å². The third kappa shape index (κ3) is 5.55. The summed E-state index contributed by atoms with van der Waals surface area (Å²) >= 11 is 0. The van der Waals surface area contributed by atoms with Crippen LogP contribution in [0.5, 0.6) is 0 Å². The smallest absolute Gasteiger partial charge is 0.0945 e. The van der Waals surface area contributed by atoms with Gasteiger partial charge in [0.05, 0.1) is 6.33 Å². The molecule has 0 radical (unpaired) electrons. The Morgan fingerprint density at radius 3 is 2.76 bits per heavy atom. The molecule has 1 aromatic heterocycles. The van der Waals surface area contributed by atoms with Crippen LogP contribution in [0, 0.1) is 5.92 Å². The average Bonchev–Trinajstić information content (AvgIpc) is 2.83. The van der Waals surface area contributed by atoms with Crippen molar-refractivity contribution in [2.45, 2.75) is 45.1 Å². The van der Waals surface area contributed by atoms with Gasteiger partial charge in [0.15, 0.2) is 0 Å². The lowest BCUT2D eigenvalue weighted by atomic mass is 9.89. The maximum absolute atomic E-state index is 4.04. The summed E-state index contributed by atoms with van der Waals surface area (Å²) in [5.41, 5.74) is 0. The third-order valence-electron chi connectivity index (χ3n) is 3.49. The Hall–Kier alpha value is -0.540. The van der Waals surface area contributed by atoms with Crippen molar-refractivity contribution >= 4 is 12.4 Å². The molecule has 0 amide bonds. The molecule has 0 spiro atoms. The van der Waals surface area contributed by atoms with Crippen molar-refractivity contribution in [3.05, 3.63) is 18.7 Å². The van der Waals surface area contributed by atoms with Gasteiger partial charge in [-0.05, 0) is 38.3 Å². The number of halogens is 1. The van der Waals surface area contributed by atoms with Crippen LogP contribution >= 0.6 is 12.4 Å². The fourth-order valence-corrected chi connectivity index (χ4v) is 2.50. The standard InChI is InChI=1S/C13H23N3.ClH/c1-2-5-13(6-3-1)11-14-7-4-9-16-10-8-15-12-16;/h8,10,12-14H,1-7,9,11H2;1H. The quantitative estimate of drug-likeness (QED) is 0.795. The van der Waals surface area contributed by atoms with E-state index in [1.54, 1.807) is 0 Å². The van der Waals surface area contributed by atoms with E-state index >= 15 is 0 Å². The zero-order valence-electron chi connectivity index (χ0n) is 10.5. The molecule has 0 unspecified atom stereocenters. The number of aryl methyl sites for hydroxylation is 1. The Balaban J connectivity index is 0.00000144. The highest BCUT2D eigenvalue weighted by molar-refractivity contribution is 5.85. The van der Waals surface area contributed by atoms with Crippen molar-refractivity contribution in [2.24, 2.45) is 5.92 Å². The predicted octanol–water partition coefficient (Wildman–Crippen LogP) is 2.86. The molecule has 0 aliphatic heterocycles. The van der Waals surface area contributed by atoms with Crippen molar-refractivity contribution in [3.63, 3.8) is 0 Å². The molecule has 1 aliphatic carbocycles. The lowest BCUT2D eigenvalue weighted by Crippen LogP contribution is -2.25. The Morgan fingerprint density at radius 1 is 1.24 bits per heavy atom. The zero-order chi connectivity index (χ0) is 11.1. The van der Waals surface area contributed by atoms with Crippen LogP contribution in [-0.2, 0) is 6.54 Å². The zero-order valence-corrected chi connectivity index (χ0v) is 11.3. The van der Waals surface area contributed by atoms with Gasteiger partial charge < -0.3 is 9.88 Å². The molecule has 98 valence electrons. The molecule has 4 heteroatoms. The van der Waals surface area contributed by atoms with Crippen LogP contribution in [0.4, 0.5) is 0 Å². The van der Waals surface area contributed by atoms with Crippen LogP contribution in [0.25, 0.3) is 0 Å². The van der Waals surface area contributed by atoms with Gasteiger partial charge in [-0.15, -0.1) is 12.4 Å². The molecule has 1 N–H and O–H groups in total. The maximum Gasteiger partial charge on any atom is 0.0945 e. The van der Waals surface area contributed by atoms with Crippen molar-refractivity contribution in [3.8, 4) is 0 Å². The Labute approximate surface area is 110 Å². The molecule has 0 atom stereocenters. The molecule has 0 bridgehead atoms. The lowest BCUT2D eigenvalue weighted by molar-refractivity contribution is 0.341. The number of nitrogens with zero attached hydrogens (tertiary/aromatic N) is 2. The second kappa shape index (κ2) is 8.54. The lowest BCUT2D eigenvalue weighted by Gasteiger charge is -2.21. The first-order chi connectivity index (χ1) is 7.95. The number of nitrogens with one attached hydrogen (secondary N) is 1. The second-order valence-corrected chi connectivity index (χ2v) is 4.86. The van der Waals surface area contributed by atoms with E-state index in [9.17, 15) is 0 Å². The molecule has 0 saturated heterocycles.